The normalized spacial score (nSPS) is 18.7. The predicted octanol–water partition coefficient (Wildman–Crippen LogP) is 3.14. The van der Waals surface area contributed by atoms with Gasteiger partial charge in [0.25, 0.3) is 0 Å². The fraction of sp³-hybridized carbons (Fsp3) is 0.318. The topological polar surface area (TPSA) is 137 Å². The van der Waals surface area contributed by atoms with E-state index in [0.29, 0.717) is 59.3 Å². The summed E-state index contributed by atoms with van der Waals surface area (Å²) in [5.74, 6) is 0.192. The number of nitrogens with zero attached hydrogens (tertiary/aromatic N) is 2. The smallest absolute Gasteiger partial charge is 0.227 e. The Labute approximate surface area is 178 Å². The molecule has 31 heavy (non-hydrogen) atoms. The highest BCUT2D eigenvalue weighted by molar-refractivity contribution is 6.03. The van der Waals surface area contributed by atoms with Gasteiger partial charge in [-0.3, -0.25) is 0 Å². The summed E-state index contributed by atoms with van der Waals surface area (Å²) in [4.78, 5) is 8.75. The first-order valence-corrected chi connectivity index (χ1v) is 10.1. The number of rotatable bonds is 6. The van der Waals surface area contributed by atoms with Gasteiger partial charge in [0.2, 0.25) is 5.95 Å². The number of benzene rings is 2. The van der Waals surface area contributed by atoms with Crippen molar-refractivity contribution in [2.75, 3.05) is 17.7 Å². The van der Waals surface area contributed by atoms with Crippen LogP contribution in [0, 0.1) is 11.2 Å². The van der Waals surface area contributed by atoms with Gasteiger partial charge in [-0.25, -0.2) is 14.4 Å². The van der Waals surface area contributed by atoms with Gasteiger partial charge in [0.05, 0.1) is 24.5 Å². The molecule has 0 aliphatic heterocycles. The Kier molecular flexibility index (Phi) is 5.97. The van der Waals surface area contributed by atoms with Gasteiger partial charge < -0.3 is 31.4 Å². The van der Waals surface area contributed by atoms with Crippen molar-refractivity contribution in [3.05, 3.63) is 47.9 Å². The largest absolute Gasteiger partial charge is 0.488 e. The highest BCUT2D eigenvalue weighted by atomic mass is 19.1. The SMILES string of the molecule is N=C(CO)c1ccc(Nc2ncc3cc(F)cc(O[C@H]4CC[C@@H](O)CC4)c3n2)cc1N. The Morgan fingerprint density at radius 2 is 2.00 bits per heavy atom. The summed E-state index contributed by atoms with van der Waals surface area (Å²) >= 11 is 0. The first-order chi connectivity index (χ1) is 14.9. The van der Waals surface area contributed by atoms with Gasteiger partial charge >= 0.3 is 0 Å². The number of fused-ring (bicyclic) bond motifs is 1. The number of nitrogens with one attached hydrogen (secondary N) is 2. The third kappa shape index (κ3) is 4.73. The van der Waals surface area contributed by atoms with Crippen LogP contribution in [-0.4, -0.2) is 44.7 Å². The quantitative estimate of drug-likeness (QED) is 0.302. The molecule has 8 nitrogen and oxygen atoms in total. The Balaban J connectivity index is 1.60. The molecule has 4 rings (SSSR count). The first-order valence-electron chi connectivity index (χ1n) is 10.1. The fourth-order valence-electron chi connectivity index (χ4n) is 3.70. The van der Waals surface area contributed by atoms with Crippen LogP contribution in [0.15, 0.2) is 36.5 Å². The summed E-state index contributed by atoms with van der Waals surface area (Å²) < 4.78 is 20.1. The van der Waals surface area contributed by atoms with Crippen LogP contribution in [0.4, 0.5) is 21.7 Å². The molecule has 6 N–H and O–H groups in total. The number of aliphatic hydroxyl groups excluding tert-OH is 2. The van der Waals surface area contributed by atoms with Crippen molar-refractivity contribution in [1.82, 2.24) is 9.97 Å². The van der Waals surface area contributed by atoms with Crippen LogP contribution < -0.4 is 15.8 Å². The summed E-state index contributed by atoms with van der Waals surface area (Å²) in [7, 11) is 0. The zero-order valence-electron chi connectivity index (χ0n) is 16.8. The van der Waals surface area contributed by atoms with Crippen molar-refractivity contribution in [1.29, 1.82) is 5.41 Å². The van der Waals surface area contributed by atoms with Gasteiger partial charge in [0.15, 0.2) is 0 Å². The van der Waals surface area contributed by atoms with Crippen molar-refractivity contribution in [2.24, 2.45) is 0 Å². The second-order valence-corrected chi connectivity index (χ2v) is 7.65. The molecule has 1 aliphatic rings. The number of anilines is 3. The van der Waals surface area contributed by atoms with Crippen molar-refractivity contribution < 1.29 is 19.3 Å². The summed E-state index contributed by atoms with van der Waals surface area (Å²) in [6.07, 6.45) is 3.82. The number of aliphatic hydroxyl groups is 2. The highest BCUT2D eigenvalue weighted by Crippen LogP contribution is 2.31. The lowest BCUT2D eigenvalue weighted by atomic mass is 9.95. The fourth-order valence-corrected chi connectivity index (χ4v) is 3.70. The van der Waals surface area contributed by atoms with Crippen LogP contribution in [0.3, 0.4) is 0 Å². The Morgan fingerprint density at radius 1 is 1.23 bits per heavy atom. The number of nitrogens with two attached hydrogens (primary N) is 1. The van der Waals surface area contributed by atoms with Crippen LogP contribution in [0.5, 0.6) is 5.75 Å². The molecule has 0 spiro atoms. The zero-order valence-corrected chi connectivity index (χ0v) is 16.8. The molecule has 2 aromatic carbocycles. The minimum Gasteiger partial charge on any atom is -0.488 e. The minimum absolute atomic E-state index is 0.0325. The lowest BCUT2D eigenvalue weighted by Gasteiger charge is -2.26. The molecule has 1 aromatic heterocycles. The van der Waals surface area contributed by atoms with Gasteiger partial charge in [-0.15, -0.1) is 0 Å². The standard InChI is InChI=1S/C22H24FN5O3/c23-13-7-12-10-26-22(27-14-1-6-17(18(24)9-14)19(25)11-29)28-21(12)20(8-13)31-16-4-2-15(30)3-5-16/h1,6-10,15-16,25,29-30H,2-5,11,24H2,(H,26,27,28)/t15-,16+. The minimum atomic E-state index is -0.433. The van der Waals surface area contributed by atoms with E-state index in [2.05, 4.69) is 15.3 Å². The second-order valence-electron chi connectivity index (χ2n) is 7.65. The molecule has 1 saturated carbocycles. The number of hydrogen-bond acceptors (Lipinski definition) is 8. The zero-order chi connectivity index (χ0) is 22.0. The van der Waals surface area contributed by atoms with E-state index in [-0.39, 0.29) is 23.9 Å². The summed E-state index contributed by atoms with van der Waals surface area (Å²) in [5.41, 5.74) is 7.91. The Morgan fingerprint density at radius 3 is 2.71 bits per heavy atom. The average molecular weight is 425 g/mol. The third-order valence-electron chi connectivity index (χ3n) is 5.34. The molecular formula is C22H24FN5O3. The number of ether oxygens (including phenoxy) is 1. The van der Waals surface area contributed by atoms with Crippen molar-refractivity contribution in [3.63, 3.8) is 0 Å². The van der Waals surface area contributed by atoms with E-state index < -0.39 is 12.4 Å². The maximum Gasteiger partial charge on any atom is 0.227 e. The molecule has 0 unspecified atom stereocenters. The van der Waals surface area contributed by atoms with E-state index in [0.717, 1.165) is 0 Å². The molecule has 0 bridgehead atoms. The van der Waals surface area contributed by atoms with Gasteiger partial charge in [-0.1, -0.05) is 0 Å². The summed E-state index contributed by atoms with van der Waals surface area (Å²) in [6.45, 7) is -0.399. The third-order valence-corrected chi connectivity index (χ3v) is 5.34. The maximum absolute atomic E-state index is 14.1. The molecule has 0 saturated heterocycles. The molecule has 1 fully saturated rings. The summed E-state index contributed by atoms with van der Waals surface area (Å²) in [5, 5.41) is 30.1. The van der Waals surface area contributed by atoms with Crippen LogP contribution in [0.2, 0.25) is 0 Å². The van der Waals surface area contributed by atoms with E-state index >= 15 is 0 Å². The molecule has 3 aromatic rings. The van der Waals surface area contributed by atoms with Crippen molar-refractivity contribution >= 4 is 33.9 Å². The molecule has 0 atom stereocenters. The number of hydrogen-bond donors (Lipinski definition) is 5. The van der Waals surface area contributed by atoms with E-state index in [9.17, 15) is 9.50 Å². The number of halogens is 1. The van der Waals surface area contributed by atoms with E-state index in [1.165, 1.54) is 18.3 Å². The van der Waals surface area contributed by atoms with Crippen LogP contribution in [0.1, 0.15) is 31.2 Å². The lowest BCUT2D eigenvalue weighted by Crippen LogP contribution is -2.26. The van der Waals surface area contributed by atoms with E-state index in [1.54, 1.807) is 18.2 Å². The van der Waals surface area contributed by atoms with Gasteiger partial charge in [-0.2, -0.15) is 0 Å². The molecular weight excluding hydrogens is 401 g/mol. The Hall–Kier alpha value is -3.30. The first kappa shape index (κ1) is 21.0. The maximum atomic E-state index is 14.1. The number of aromatic nitrogens is 2. The molecule has 0 radical (unpaired) electrons. The van der Waals surface area contributed by atoms with Crippen LogP contribution in [-0.2, 0) is 0 Å². The number of nitrogen functional groups attached to an aromatic ring is 1. The molecule has 9 heteroatoms. The molecule has 1 aliphatic carbocycles. The molecule has 162 valence electrons. The van der Waals surface area contributed by atoms with Gasteiger partial charge in [0.1, 0.15) is 17.1 Å². The van der Waals surface area contributed by atoms with Crippen molar-refractivity contribution in [3.8, 4) is 5.75 Å². The Bertz CT molecular complexity index is 1120. The van der Waals surface area contributed by atoms with Crippen LogP contribution >= 0.6 is 0 Å². The van der Waals surface area contributed by atoms with Gasteiger partial charge in [-0.05, 0) is 49.9 Å². The van der Waals surface area contributed by atoms with Gasteiger partial charge in [0, 0.05) is 34.6 Å². The van der Waals surface area contributed by atoms with Crippen molar-refractivity contribution in [2.45, 2.75) is 37.9 Å². The van der Waals surface area contributed by atoms with E-state index in [4.69, 9.17) is 21.0 Å². The molecule has 1 heterocycles. The average Bonchev–Trinajstić information content (AvgIpc) is 2.75. The summed E-state index contributed by atoms with van der Waals surface area (Å²) in [6, 6.07) is 7.64. The van der Waals surface area contributed by atoms with E-state index in [1.807, 2.05) is 0 Å². The van der Waals surface area contributed by atoms with Crippen LogP contribution in [0.25, 0.3) is 10.9 Å². The molecule has 0 amide bonds. The monoisotopic (exact) mass is 425 g/mol. The predicted molar refractivity (Wildman–Crippen MR) is 116 cm³/mol. The lowest BCUT2D eigenvalue weighted by molar-refractivity contribution is 0.0671. The second kappa shape index (κ2) is 8.83. The highest BCUT2D eigenvalue weighted by Gasteiger charge is 2.22.